The smallest absolute Gasteiger partial charge is 0.253 e. The van der Waals surface area contributed by atoms with E-state index in [0.717, 1.165) is 50.0 Å². The third-order valence-electron chi connectivity index (χ3n) is 11.1. The lowest BCUT2D eigenvalue weighted by atomic mass is 9.70. The van der Waals surface area contributed by atoms with Gasteiger partial charge in [0.25, 0.3) is 5.91 Å². The molecule has 254 valence electrons. The maximum Gasteiger partial charge on any atom is 0.253 e. The van der Waals surface area contributed by atoms with Gasteiger partial charge in [0.1, 0.15) is 5.82 Å². The van der Waals surface area contributed by atoms with Crippen LogP contribution in [0.1, 0.15) is 86.6 Å². The molecule has 4 aromatic rings. The van der Waals surface area contributed by atoms with Gasteiger partial charge in [0, 0.05) is 47.3 Å². The van der Waals surface area contributed by atoms with Crippen LogP contribution in [-0.2, 0) is 15.4 Å². The van der Waals surface area contributed by atoms with Crippen LogP contribution < -0.4 is 4.72 Å². The van der Waals surface area contributed by atoms with Crippen LogP contribution in [0.4, 0.5) is 0 Å². The Hall–Kier alpha value is -3.05. The monoisotopic (exact) mass is 731 g/mol. The van der Waals surface area contributed by atoms with Gasteiger partial charge in [-0.25, -0.2) is 18.1 Å². The van der Waals surface area contributed by atoms with Gasteiger partial charge in [-0.3, -0.25) is 9.69 Å². The standard InChI is InChI=1S/C38H46BrN5O3S/c1-26(2)41-48(46,47)36-23-28(13-16-33(36)39)37(45)42-20-17-38(18-21-42,29-9-5-4-6-10-29)19-22-43-30-14-15-31(43)25-32(24-30)44-27(3)40-34-11-7-8-12-35(34)44/h4-13,16,23,26,30-32,41H,14-15,17-22,24-25H2,1-3H3/t30-,31+,32?. The first-order chi connectivity index (χ1) is 23.0. The summed E-state index contributed by atoms with van der Waals surface area (Å²) in [6.07, 6.45) is 7.66. The van der Waals surface area contributed by atoms with Gasteiger partial charge in [-0.15, -0.1) is 0 Å². The number of fused-ring (bicyclic) bond motifs is 3. The van der Waals surface area contributed by atoms with E-state index < -0.39 is 10.0 Å². The number of para-hydroxylation sites is 2. The summed E-state index contributed by atoms with van der Waals surface area (Å²) in [6, 6.07) is 25.7. The van der Waals surface area contributed by atoms with Gasteiger partial charge in [-0.1, -0.05) is 42.5 Å². The Bertz CT molecular complexity index is 1890. The third kappa shape index (κ3) is 6.37. The molecule has 48 heavy (non-hydrogen) atoms. The quantitative estimate of drug-likeness (QED) is 0.196. The van der Waals surface area contributed by atoms with Crippen LogP contribution in [0.3, 0.4) is 0 Å². The van der Waals surface area contributed by atoms with Crippen molar-refractivity contribution >= 4 is 42.9 Å². The molecule has 0 spiro atoms. The van der Waals surface area contributed by atoms with Crippen molar-refractivity contribution in [1.29, 1.82) is 0 Å². The van der Waals surface area contributed by atoms with Crippen molar-refractivity contribution in [2.24, 2.45) is 0 Å². The molecule has 0 aliphatic carbocycles. The van der Waals surface area contributed by atoms with Crippen LogP contribution in [0, 0.1) is 6.92 Å². The third-order valence-corrected chi connectivity index (χ3v) is 13.8. The number of imidazole rings is 1. The number of aromatic nitrogens is 2. The molecule has 10 heteroatoms. The van der Waals surface area contributed by atoms with Crippen molar-refractivity contribution in [2.45, 2.75) is 100 Å². The van der Waals surface area contributed by atoms with Crippen LogP contribution >= 0.6 is 15.9 Å². The molecule has 3 fully saturated rings. The Kier molecular flexibility index (Phi) is 9.30. The number of rotatable bonds is 9. The van der Waals surface area contributed by atoms with E-state index in [4.69, 9.17) is 4.98 Å². The normalized spacial score (nSPS) is 22.9. The largest absolute Gasteiger partial charge is 0.339 e. The number of likely N-dealkylation sites (tertiary alicyclic amines) is 1. The van der Waals surface area contributed by atoms with Gasteiger partial charge in [0.05, 0.1) is 15.9 Å². The molecule has 8 nitrogen and oxygen atoms in total. The van der Waals surface area contributed by atoms with E-state index in [-0.39, 0.29) is 22.3 Å². The van der Waals surface area contributed by atoms with E-state index in [2.05, 4.69) is 91.6 Å². The van der Waals surface area contributed by atoms with E-state index in [9.17, 15) is 13.2 Å². The second kappa shape index (κ2) is 13.3. The minimum Gasteiger partial charge on any atom is -0.339 e. The molecule has 2 bridgehead atoms. The first-order valence-corrected chi connectivity index (χ1v) is 19.7. The number of benzene rings is 3. The predicted octanol–water partition coefficient (Wildman–Crippen LogP) is 7.23. The number of nitrogens with one attached hydrogen (secondary N) is 1. The Morgan fingerprint density at radius 3 is 2.31 bits per heavy atom. The fraction of sp³-hybridized carbons (Fsp3) is 0.474. The van der Waals surface area contributed by atoms with Crippen molar-refractivity contribution in [3.63, 3.8) is 0 Å². The van der Waals surface area contributed by atoms with Gasteiger partial charge in [-0.2, -0.15) is 0 Å². The summed E-state index contributed by atoms with van der Waals surface area (Å²) in [5, 5.41) is 0. The average molecular weight is 733 g/mol. The van der Waals surface area contributed by atoms with Crippen molar-refractivity contribution in [1.82, 2.24) is 24.1 Å². The molecule has 3 aromatic carbocycles. The minimum absolute atomic E-state index is 0.0130. The van der Waals surface area contributed by atoms with Crippen molar-refractivity contribution in [3.05, 3.63) is 94.2 Å². The number of piperidine rings is 2. The van der Waals surface area contributed by atoms with Crippen molar-refractivity contribution < 1.29 is 13.2 Å². The van der Waals surface area contributed by atoms with E-state index in [1.54, 1.807) is 26.0 Å². The second-order valence-corrected chi connectivity index (χ2v) is 16.9. The van der Waals surface area contributed by atoms with E-state index in [1.807, 2.05) is 4.90 Å². The SMILES string of the molecule is Cc1nc2ccccc2n1C1C[C@H]2CC[C@@H](C1)N2CCC1(c2ccccc2)CCN(C(=O)c2ccc(Br)c(S(=O)(=O)NC(C)C)c2)CC1. The molecule has 1 aromatic heterocycles. The van der Waals surface area contributed by atoms with Crippen molar-refractivity contribution in [2.75, 3.05) is 19.6 Å². The molecule has 1 amide bonds. The molecule has 3 aliphatic heterocycles. The number of aryl methyl sites for hydroxylation is 1. The maximum atomic E-state index is 13.8. The first kappa shape index (κ1) is 33.4. The molecule has 0 saturated carbocycles. The van der Waals surface area contributed by atoms with E-state index >= 15 is 0 Å². The minimum atomic E-state index is -3.76. The number of nitrogens with zero attached hydrogens (tertiary/aromatic N) is 4. The van der Waals surface area contributed by atoms with Crippen LogP contribution in [0.15, 0.2) is 82.2 Å². The summed E-state index contributed by atoms with van der Waals surface area (Å²) in [5.41, 5.74) is 4.09. The van der Waals surface area contributed by atoms with Gasteiger partial charge >= 0.3 is 0 Å². The Labute approximate surface area is 293 Å². The molecule has 4 heterocycles. The first-order valence-electron chi connectivity index (χ1n) is 17.4. The zero-order valence-corrected chi connectivity index (χ0v) is 30.5. The molecule has 7 rings (SSSR count). The zero-order valence-electron chi connectivity index (χ0n) is 28.1. The number of halogens is 1. The maximum absolute atomic E-state index is 13.8. The average Bonchev–Trinajstić information content (AvgIpc) is 3.53. The molecule has 0 radical (unpaired) electrons. The fourth-order valence-corrected chi connectivity index (χ4v) is 11.0. The number of carbonyl (C=O) groups is 1. The highest BCUT2D eigenvalue weighted by Gasteiger charge is 2.44. The highest BCUT2D eigenvalue weighted by Crippen LogP contribution is 2.45. The lowest BCUT2D eigenvalue weighted by Crippen LogP contribution is -2.49. The van der Waals surface area contributed by atoms with Crippen LogP contribution in [0.25, 0.3) is 11.0 Å². The summed E-state index contributed by atoms with van der Waals surface area (Å²) < 4.78 is 31.5. The number of carbonyl (C=O) groups excluding carboxylic acids is 1. The molecule has 3 saturated heterocycles. The second-order valence-electron chi connectivity index (χ2n) is 14.4. The van der Waals surface area contributed by atoms with Gasteiger partial charge < -0.3 is 9.47 Å². The highest BCUT2D eigenvalue weighted by atomic mass is 79.9. The van der Waals surface area contributed by atoms with Crippen LogP contribution in [0.5, 0.6) is 0 Å². The Balaban J connectivity index is 1.06. The molecule has 1 unspecified atom stereocenters. The highest BCUT2D eigenvalue weighted by molar-refractivity contribution is 9.10. The fourth-order valence-electron chi connectivity index (χ4n) is 8.80. The summed E-state index contributed by atoms with van der Waals surface area (Å²) in [6.45, 7) is 8.05. The molecule has 3 atom stereocenters. The number of hydrogen-bond acceptors (Lipinski definition) is 5. The van der Waals surface area contributed by atoms with Crippen molar-refractivity contribution in [3.8, 4) is 0 Å². The van der Waals surface area contributed by atoms with Crippen LogP contribution in [0.2, 0.25) is 0 Å². The molecule has 1 N–H and O–H groups in total. The molecule has 3 aliphatic rings. The summed E-state index contributed by atoms with van der Waals surface area (Å²) in [7, 11) is -3.76. The summed E-state index contributed by atoms with van der Waals surface area (Å²) in [4.78, 5) is 23.5. The Morgan fingerprint density at radius 2 is 1.62 bits per heavy atom. The summed E-state index contributed by atoms with van der Waals surface area (Å²) >= 11 is 3.38. The van der Waals surface area contributed by atoms with E-state index in [0.29, 0.717) is 41.3 Å². The molecular formula is C38H46BrN5O3S. The lowest BCUT2D eigenvalue weighted by Gasteiger charge is -2.45. The van der Waals surface area contributed by atoms with Gasteiger partial charge in [0.15, 0.2) is 0 Å². The lowest BCUT2D eigenvalue weighted by molar-refractivity contribution is 0.0606. The van der Waals surface area contributed by atoms with Gasteiger partial charge in [-0.05, 0) is 130 Å². The molecular weight excluding hydrogens is 686 g/mol. The Morgan fingerprint density at radius 1 is 0.958 bits per heavy atom. The zero-order chi connectivity index (χ0) is 33.6. The van der Waals surface area contributed by atoms with Crippen LogP contribution in [-0.4, -0.2) is 71.4 Å². The van der Waals surface area contributed by atoms with E-state index in [1.165, 1.54) is 30.0 Å². The number of amides is 1. The predicted molar refractivity (Wildman–Crippen MR) is 194 cm³/mol. The topological polar surface area (TPSA) is 87.5 Å². The van der Waals surface area contributed by atoms with Gasteiger partial charge in [0.2, 0.25) is 10.0 Å². The number of hydrogen-bond donors (Lipinski definition) is 1. The number of sulfonamides is 1. The summed E-state index contributed by atoms with van der Waals surface area (Å²) in [5.74, 6) is 0.999.